The molecule has 142 valence electrons. The number of anilines is 2. The monoisotopic (exact) mass is 394 g/mol. The largest absolute Gasteiger partial charge is 0.483 e. The number of hydrogen-bond donors (Lipinski definition) is 2. The van der Waals surface area contributed by atoms with Gasteiger partial charge in [0, 0.05) is 11.4 Å². The fourth-order valence-corrected chi connectivity index (χ4v) is 2.76. The normalized spacial score (nSPS) is 10.2. The van der Waals surface area contributed by atoms with Crippen molar-refractivity contribution in [3.63, 3.8) is 0 Å². The Hall–Kier alpha value is -3.31. The lowest BCUT2D eigenvalue weighted by Gasteiger charge is -2.10. The fourth-order valence-electron chi connectivity index (χ4n) is 2.54. The molecule has 0 heterocycles. The van der Waals surface area contributed by atoms with Crippen LogP contribution in [0.3, 0.4) is 0 Å². The lowest BCUT2D eigenvalue weighted by Crippen LogP contribution is -2.20. The van der Waals surface area contributed by atoms with E-state index in [1.54, 1.807) is 48.5 Å². The van der Waals surface area contributed by atoms with Gasteiger partial charge in [0.1, 0.15) is 5.75 Å². The van der Waals surface area contributed by atoms with E-state index in [2.05, 4.69) is 10.6 Å². The van der Waals surface area contributed by atoms with Crippen LogP contribution in [-0.2, 0) is 4.79 Å². The molecule has 0 saturated carbocycles. The maximum atomic E-state index is 12.3. The summed E-state index contributed by atoms with van der Waals surface area (Å²) in [6.07, 6.45) is 0. The molecule has 0 aliphatic carbocycles. The molecule has 5 nitrogen and oxygen atoms in total. The smallest absolute Gasteiger partial charge is 0.262 e. The molecular weight excluding hydrogens is 376 g/mol. The van der Waals surface area contributed by atoms with Gasteiger partial charge >= 0.3 is 0 Å². The van der Waals surface area contributed by atoms with Crippen molar-refractivity contribution in [1.29, 1.82) is 0 Å². The van der Waals surface area contributed by atoms with Crippen LogP contribution in [-0.4, -0.2) is 18.4 Å². The second-order valence-electron chi connectivity index (χ2n) is 6.11. The Balaban J connectivity index is 1.54. The molecule has 0 bridgehead atoms. The Bertz CT molecular complexity index is 987. The standard InChI is InChI=1S/C22H19ClN2O3/c1-15-6-2-5-9-20(15)28-14-21(26)24-16-10-12-17(13-11-16)25-22(27)18-7-3-4-8-19(18)23/h2-13H,14H2,1H3,(H,24,26)(H,25,27). The molecule has 28 heavy (non-hydrogen) atoms. The van der Waals surface area contributed by atoms with Gasteiger partial charge in [0.2, 0.25) is 0 Å². The Morgan fingerprint density at radius 2 is 1.46 bits per heavy atom. The number of para-hydroxylation sites is 1. The lowest BCUT2D eigenvalue weighted by atomic mass is 10.2. The molecule has 3 aromatic rings. The third kappa shape index (κ3) is 5.11. The maximum absolute atomic E-state index is 12.3. The number of nitrogens with one attached hydrogen (secondary N) is 2. The first-order valence-corrected chi connectivity index (χ1v) is 9.05. The van der Waals surface area contributed by atoms with Crippen molar-refractivity contribution >= 4 is 34.8 Å². The minimum absolute atomic E-state index is 0.0875. The molecule has 2 N–H and O–H groups in total. The van der Waals surface area contributed by atoms with Crippen molar-refractivity contribution in [3.8, 4) is 5.75 Å². The van der Waals surface area contributed by atoms with E-state index in [1.165, 1.54) is 0 Å². The summed E-state index contributed by atoms with van der Waals surface area (Å²) in [5.74, 6) is 0.111. The van der Waals surface area contributed by atoms with Gasteiger partial charge in [0.15, 0.2) is 6.61 Å². The van der Waals surface area contributed by atoms with Gasteiger partial charge in [-0.2, -0.15) is 0 Å². The number of ether oxygens (including phenoxy) is 1. The summed E-state index contributed by atoms with van der Waals surface area (Å²) in [4.78, 5) is 24.3. The first-order valence-electron chi connectivity index (χ1n) is 8.67. The second-order valence-corrected chi connectivity index (χ2v) is 6.52. The molecule has 0 atom stereocenters. The highest BCUT2D eigenvalue weighted by Gasteiger charge is 2.10. The first-order chi connectivity index (χ1) is 13.5. The number of rotatable bonds is 6. The molecule has 0 fully saturated rings. The van der Waals surface area contributed by atoms with Crippen LogP contribution in [0.4, 0.5) is 11.4 Å². The molecule has 6 heteroatoms. The summed E-state index contributed by atoms with van der Waals surface area (Å²) in [5, 5.41) is 5.91. The molecule has 0 spiro atoms. The van der Waals surface area contributed by atoms with Crippen LogP contribution in [0.5, 0.6) is 5.75 Å². The predicted molar refractivity (Wildman–Crippen MR) is 111 cm³/mol. The highest BCUT2D eigenvalue weighted by atomic mass is 35.5. The summed E-state index contributed by atoms with van der Waals surface area (Å²) in [5.41, 5.74) is 2.57. The lowest BCUT2D eigenvalue weighted by molar-refractivity contribution is -0.118. The van der Waals surface area contributed by atoms with Crippen LogP contribution in [0.25, 0.3) is 0 Å². The van der Waals surface area contributed by atoms with Crippen molar-refractivity contribution in [3.05, 3.63) is 88.9 Å². The number of benzene rings is 3. The van der Waals surface area contributed by atoms with Crippen molar-refractivity contribution in [2.24, 2.45) is 0 Å². The molecule has 3 aromatic carbocycles. The van der Waals surface area contributed by atoms with E-state index in [0.29, 0.717) is 27.7 Å². The van der Waals surface area contributed by atoms with Crippen LogP contribution in [0.1, 0.15) is 15.9 Å². The van der Waals surface area contributed by atoms with Crippen LogP contribution in [0.2, 0.25) is 5.02 Å². The molecule has 2 amide bonds. The predicted octanol–water partition coefficient (Wildman–Crippen LogP) is 4.92. The van der Waals surface area contributed by atoms with Crippen LogP contribution in [0.15, 0.2) is 72.8 Å². The zero-order chi connectivity index (χ0) is 19.9. The zero-order valence-electron chi connectivity index (χ0n) is 15.2. The van der Waals surface area contributed by atoms with Gasteiger partial charge < -0.3 is 15.4 Å². The molecule has 0 aromatic heterocycles. The molecule has 0 aliphatic rings. The number of hydrogen-bond acceptors (Lipinski definition) is 3. The first kappa shape index (κ1) is 19.5. The molecule has 0 aliphatic heterocycles. The third-order valence-electron chi connectivity index (χ3n) is 4.00. The van der Waals surface area contributed by atoms with E-state index in [9.17, 15) is 9.59 Å². The molecule has 0 radical (unpaired) electrons. The quantitative estimate of drug-likeness (QED) is 0.623. The van der Waals surface area contributed by atoms with Gasteiger partial charge in [-0.05, 0) is 55.0 Å². The number of halogens is 1. The zero-order valence-corrected chi connectivity index (χ0v) is 16.0. The maximum Gasteiger partial charge on any atom is 0.262 e. The average Bonchev–Trinajstić information content (AvgIpc) is 2.69. The summed E-state index contributed by atoms with van der Waals surface area (Å²) < 4.78 is 5.53. The van der Waals surface area contributed by atoms with Gasteiger partial charge in [0.25, 0.3) is 11.8 Å². The van der Waals surface area contributed by atoms with Gasteiger partial charge in [-0.15, -0.1) is 0 Å². The Labute approximate surface area is 168 Å². The van der Waals surface area contributed by atoms with E-state index in [4.69, 9.17) is 16.3 Å². The second kappa shape index (κ2) is 9.06. The van der Waals surface area contributed by atoms with Crippen LogP contribution < -0.4 is 15.4 Å². The number of aryl methyl sites for hydroxylation is 1. The van der Waals surface area contributed by atoms with Crippen molar-refractivity contribution in [2.45, 2.75) is 6.92 Å². The van der Waals surface area contributed by atoms with Crippen LogP contribution >= 0.6 is 11.6 Å². The van der Waals surface area contributed by atoms with E-state index in [1.807, 2.05) is 31.2 Å². The Kier molecular flexibility index (Phi) is 6.29. The number of carbonyl (C=O) groups excluding carboxylic acids is 2. The van der Waals surface area contributed by atoms with Crippen molar-refractivity contribution in [1.82, 2.24) is 0 Å². The molecular formula is C22H19ClN2O3. The van der Waals surface area contributed by atoms with Crippen molar-refractivity contribution in [2.75, 3.05) is 17.2 Å². The van der Waals surface area contributed by atoms with Gasteiger partial charge in [-0.3, -0.25) is 9.59 Å². The van der Waals surface area contributed by atoms with Gasteiger partial charge in [-0.1, -0.05) is 41.9 Å². The summed E-state index contributed by atoms with van der Waals surface area (Å²) in [6.45, 7) is 1.83. The average molecular weight is 395 g/mol. The minimum Gasteiger partial charge on any atom is -0.483 e. The van der Waals surface area contributed by atoms with E-state index < -0.39 is 0 Å². The summed E-state index contributed by atoms with van der Waals surface area (Å²) in [7, 11) is 0. The van der Waals surface area contributed by atoms with Crippen LogP contribution in [0, 0.1) is 6.92 Å². The SMILES string of the molecule is Cc1ccccc1OCC(=O)Nc1ccc(NC(=O)c2ccccc2Cl)cc1. The van der Waals surface area contributed by atoms with E-state index in [0.717, 1.165) is 5.56 Å². The summed E-state index contributed by atoms with van der Waals surface area (Å²) in [6, 6.07) is 21.1. The molecule has 0 saturated heterocycles. The van der Waals surface area contributed by atoms with E-state index in [-0.39, 0.29) is 18.4 Å². The Morgan fingerprint density at radius 3 is 2.14 bits per heavy atom. The molecule has 3 rings (SSSR count). The minimum atomic E-state index is -0.297. The number of carbonyl (C=O) groups is 2. The van der Waals surface area contributed by atoms with Gasteiger partial charge in [-0.25, -0.2) is 0 Å². The van der Waals surface area contributed by atoms with Gasteiger partial charge in [0.05, 0.1) is 10.6 Å². The third-order valence-corrected chi connectivity index (χ3v) is 4.33. The topological polar surface area (TPSA) is 67.4 Å². The van der Waals surface area contributed by atoms with E-state index >= 15 is 0 Å². The molecule has 0 unspecified atom stereocenters. The highest BCUT2D eigenvalue weighted by Crippen LogP contribution is 2.19. The van der Waals surface area contributed by atoms with Crippen molar-refractivity contribution < 1.29 is 14.3 Å². The Morgan fingerprint density at radius 1 is 0.857 bits per heavy atom. The summed E-state index contributed by atoms with van der Waals surface area (Å²) >= 11 is 6.03. The highest BCUT2D eigenvalue weighted by molar-refractivity contribution is 6.34. The number of amides is 2. The fraction of sp³-hybridized carbons (Fsp3) is 0.0909.